The number of carbonyl (C=O) groups is 2. The molecular weight excluding hydrogens is 410 g/mol. The van der Waals surface area contributed by atoms with Gasteiger partial charge in [0.15, 0.2) is 0 Å². The zero-order valence-corrected chi connectivity index (χ0v) is 21.2. The van der Waals surface area contributed by atoms with E-state index in [0.717, 1.165) is 10.4 Å². The quantitative estimate of drug-likeness (QED) is 0.542. The average molecular weight is 450 g/mol. The minimum absolute atomic E-state index is 0.352. The van der Waals surface area contributed by atoms with Gasteiger partial charge in [-0.1, -0.05) is 53.8 Å². The maximum atomic E-state index is 12.4. The van der Waals surface area contributed by atoms with E-state index in [1.165, 1.54) is 0 Å². The van der Waals surface area contributed by atoms with Crippen LogP contribution in [0.3, 0.4) is 0 Å². The topological polar surface area (TPSA) is 84.9 Å². The van der Waals surface area contributed by atoms with Gasteiger partial charge in [0.05, 0.1) is 5.60 Å². The maximum Gasteiger partial charge on any atom is 0.408 e. The van der Waals surface area contributed by atoms with Crippen LogP contribution in [0.2, 0.25) is 13.1 Å². The molecule has 2 N–H and O–H groups in total. The van der Waals surface area contributed by atoms with Crippen LogP contribution in [0, 0.1) is 5.92 Å². The first kappa shape index (κ1) is 26.9. The van der Waals surface area contributed by atoms with E-state index < -0.39 is 37.7 Å². The normalized spacial score (nSPS) is 14.5. The molecule has 0 aliphatic rings. The van der Waals surface area contributed by atoms with Gasteiger partial charge in [0, 0.05) is 12.5 Å². The van der Waals surface area contributed by atoms with E-state index in [1.54, 1.807) is 20.8 Å². The highest BCUT2D eigenvalue weighted by molar-refractivity contribution is 6.95. The molecule has 1 aromatic carbocycles. The summed E-state index contributed by atoms with van der Waals surface area (Å²) in [5, 5.41) is 14.6. The number of hydrogen-bond donors (Lipinski definition) is 2. The van der Waals surface area contributed by atoms with Crippen molar-refractivity contribution in [1.82, 2.24) is 5.32 Å². The van der Waals surface area contributed by atoms with E-state index in [9.17, 15) is 14.7 Å². The number of ether oxygens (including phenoxy) is 2. The Balaban J connectivity index is 3.24. The van der Waals surface area contributed by atoms with Gasteiger partial charge in [-0.3, -0.25) is 0 Å². The fourth-order valence-corrected chi connectivity index (χ4v) is 5.94. The molecule has 0 radical (unpaired) electrons. The lowest BCUT2D eigenvalue weighted by Gasteiger charge is -2.36. The summed E-state index contributed by atoms with van der Waals surface area (Å²) in [4.78, 5) is 24.6. The molecule has 0 aliphatic heterocycles. The summed E-state index contributed by atoms with van der Waals surface area (Å²) >= 11 is 0. The summed E-state index contributed by atoms with van der Waals surface area (Å²) in [5.41, 5.74) is -1.08. The van der Waals surface area contributed by atoms with E-state index in [2.05, 4.69) is 37.1 Å². The van der Waals surface area contributed by atoms with Gasteiger partial charge < -0.3 is 19.9 Å². The standard InChI is InChI=1S/C24H39NO5Si/c1-17(31(8,9)18-13-11-10-12-14-18)19(15-16-29-23(2,3)4)20(21(26)27)25-22(28)30-24(5,6)7/h10-14,19-20H,1,15-16H2,2-9H3,(H,25,28)(H,26,27)/t19-,20-/m0/s1. The Labute approximate surface area is 188 Å². The summed E-state index contributed by atoms with van der Waals surface area (Å²) in [6.45, 7) is 20.1. The Hall–Kier alpha value is -2.12. The van der Waals surface area contributed by atoms with E-state index in [0.29, 0.717) is 13.0 Å². The van der Waals surface area contributed by atoms with Crippen molar-refractivity contribution in [3.8, 4) is 0 Å². The van der Waals surface area contributed by atoms with Gasteiger partial charge in [0.1, 0.15) is 19.7 Å². The van der Waals surface area contributed by atoms with Crippen LogP contribution in [0.1, 0.15) is 48.0 Å². The molecule has 0 heterocycles. The van der Waals surface area contributed by atoms with Crippen LogP contribution in [0.15, 0.2) is 42.1 Å². The molecule has 0 saturated heterocycles. The Morgan fingerprint density at radius 3 is 2.06 bits per heavy atom. The van der Waals surface area contributed by atoms with Crippen LogP contribution in [0.4, 0.5) is 4.79 Å². The molecule has 0 fully saturated rings. The molecule has 0 aliphatic carbocycles. The third-order valence-corrected chi connectivity index (χ3v) is 8.80. The SMILES string of the molecule is C=C([C@H](CCOC(C)(C)C)[C@H](NC(=O)OC(C)(C)C)C(=O)O)[Si](C)(C)c1ccccc1. The Morgan fingerprint density at radius 1 is 1.06 bits per heavy atom. The van der Waals surface area contributed by atoms with Crippen molar-refractivity contribution in [3.05, 3.63) is 42.1 Å². The van der Waals surface area contributed by atoms with Gasteiger partial charge in [0.25, 0.3) is 0 Å². The summed E-state index contributed by atoms with van der Waals surface area (Å²) in [6.07, 6.45) is -0.333. The molecule has 1 aromatic rings. The number of rotatable bonds is 9. The van der Waals surface area contributed by atoms with Crippen molar-refractivity contribution < 1.29 is 24.2 Å². The molecule has 0 spiro atoms. The van der Waals surface area contributed by atoms with Crippen molar-refractivity contribution in [3.63, 3.8) is 0 Å². The van der Waals surface area contributed by atoms with Gasteiger partial charge in [0.2, 0.25) is 0 Å². The zero-order chi connectivity index (χ0) is 24.0. The lowest BCUT2D eigenvalue weighted by Crippen LogP contribution is -2.54. The lowest BCUT2D eigenvalue weighted by atomic mass is 9.96. The molecule has 0 unspecified atom stereocenters. The number of carboxylic acid groups (broad SMARTS) is 1. The first-order chi connectivity index (χ1) is 14.0. The summed E-state index contributed by atoms with van der Waals surface area (Å²) < 4.78 is 11.2. The predicted molar refractivity (Wildman–Crippen MR) is 127 cm³/mol. The van der Waals surface area contributed by atoms with Crippen molar-refractivity contribution in [2.75, 3.05) is 6.61 Å². The smallest absolute Gasteiger partial charge is 0.408 e. The number of carboxylic acids is 1. The molecule has 1 rings (SSSR count). The molecule has 0 saturated carbocycles. The highest BCUT2D eigenvalue weighted by atomic mass is 28.3. The molecule has 174 valence electrons. The van der Waals surface area contributed by atoms with Crippen molar-refractivity contribution >= 4 is 25.3 Å². The highest BCUT2D eigenvalue weighted by Gasteiger charge is 2.39. The second kappa shape index (κ2) is 10.5. The molecular formula is C24H39NO5Si. The highest BCUT2D eigenvalue weighted by Crippen LogP contribution is 2.28. The minimum atomic E-state index is -2.25. The van der Waals surface area contributed by atoms with Gasteiger partial charge >= 0.3 is 12.1 Å². The first-order valence-electron chi connectivity index (χ1n) is 10.7. The first-order valence-corrected chi connectivity index (χ1v) is 13.7. The van der Waals surface area contributed by atoms with E-state index in [-0.39, 0.29) is 5.60 Å². The molecule has 6 nitrogen and oxygen atoms in total. The van der Waals surface area contributed by atoms with Crippen LogP contribution in [-0.4, -0.2) is 49.1 Å². The number of alkyl carbamates (subject to hydrolysis) is 1. The molecule has 0 bridgehead atoms. The van der Waals surface area contributed by atoms with Gasteiger partial charge in [-0.15, -0.1) is 6.58 Å². The van der Waals surface area contributed by atoms with E-state index in [1.807, 2.05) is 39.0 Å². The number of amides is 1. The number of benzene rings is 1. The van der Waals surface area contributed by atoms with Gasteiger partial charge in [-0.05, 0) is 48.0 Å². The largest absolute Gasteiger partial charge is 0.480 e. The lowest BCUT2D eigenvalue weighted by molar-refractivity contribution is -0.140. The van der Waals surface area contributed by atoms with Gasteiger partial charge in [-0.25, -0.2) is 9.59 Å². The average Bonchev–Trinajstić information content (AvgIpc) is 2.61. The van der Waals surface area contributed by atoms with Gasteiger partial charge in [-0.2, -0.15) is 0 Å². The predicted octanol–water partition coefficient (Wildman–Crippen LogP) is 4.50. The van der Waals surface area contributed by atoms with E-state index >= 15 is 0 Å². The number of carbonyl (C=O) groups excluding carboxylic acids is 1. The van der Waals surface area contributed by atoms with Crippen LogP contribution < -0.4 is 10.5 Å². The summed E-state index contributed by atoms with van der Waals surface area (Å²) in [5.74, 6) is -1.63. The van der Waals surface area contributed by atoms with Crippen molar-refractivity contribution in [1.29, 1.82) is 0 Å². The van der Waals surface area contributed by atoms with Crippen molar-refractivity contribution in [2.45, 2.75) is 78.3 Å². The van der Waals surface area contributed by atoms with Crippen LogP contribution in [-0.2, 0) is 14.3 Å². The number of hydrogen-bond acceptors (Lipinski definition) is 4. The molecule has 31 heavy (non-hydrogen) atoms. The summed E-state index contributed by atoms with van der Waals surface area (Å²) in [7, 11) is -2.25. The minimum Gasteiger partial charge on any atom is -0.480 e. The molecule has 2 atom stereocenters. The molecule has 0 aromatic heterocycles. The third kappa shape index (κ3) is 8.87. The Kier molecular flexibility index (Phi) is 9.08. The molecule has 7 heteroatoms. The fraction of sp³-hybridized carbons (Fsp3) is 0.583. The Bertz CT molecular complexity index is 762. The Morgan fingerprint density at radius 2 is 1.61 bits per heavy atom. The molecule has 1 amide bonds. The summed E-state index contributed by atoms with van der Waals surface area (Å²) in [6, 6.07) is 8.84. The second-order valence-corrected chi connectivity index (χ2v) is 14.8. The van der Waals surface area contributed by atoms with Crippen LogP contribution >= 0.6 is 0 Å². The van der Waals surface area contributed by atoms with Crippen LogP contribution in [0.25, 0.3) is 0 Å². The third-order valence-electron chi connectivity index (χ3n) is 5.05. The van der Waals surface area contributed by atoms with E-state index in [4.69, 9.17) is 9.47 Å². The van der Waals surface area contributed by atoms with Crippen LogP contribution in [0.5, 0.6) is 0 Å². The second-order valence-electron chi connectivity index (χ2n) is 10.3. The van der Waals surface area contributed by atoms with Crippen molar-refractivity contribution in [2.24, 2.45) is 5.92 Å². The monoisotopic (exact) mass is 449 g/mol. The fourth-order valence-electron chi connectivity index (χ4n) is 3.31. The number of aliphatic carboxylic acids is 1. The number of nitrogens with one attached hydrogen (secondary N) is 1. The maximum absolute atomic E-state index is 12.4. The zero-order valence-electron chi connectivity index (χ0n) is 20.2.